The summed E-state index contributed by atoms with van der Waals surface area (Å²) in [6, 6.07) is 5.50. The second-order valence-corrected chi connectivity index (χ2v) is 6.56. The largest absolute Gasteiger partial charge is 0.453 e. The quantitative estimate of drug-likeness (QED) is 0.516. The molecule has 128 valence electrons. The van der Waals surface area contributed by atoms with Gasteiger partial charge in [0.1, 0.15) is 11.2 Å². The van der Waals surface area contributed by atoms with Gasteiger partial charge < -0.3 is 4.74 Å². The Morgan fingerprint density at radius 2 is 1.92 bits per heavy atom. The first-order chi connectivity index (χ1) is 12.0. The highest BCUT2D eigenvalue weighted by Crippen LogP contribution is 2.21. The average molecular weight is 356 g/mol. The molecule has 0 amide bonds. The third kappa shape index (κ3) is 3.48. The molecule has 7 nitrogen and oxygen atoms in total. The Morgan fingerprint density at radius 3 is 2.64 bits per heavy atom. The number of carbonyl (C=O) groups excluding carboxylic acids is 2. The minimum absolute atomic E-state index is 0.227. The number of hydrogen-bond acceptors (Lipinski definition) is 7. The van der Waals surface area contributed by atoms with Gasteiger partial charge in [-0.1, -0.05) is 6.07 Å². The summed E-state index contributed by atoms with van der Waals surface area (Å²) in [6.45, 7) is 5.50. The maximum absolute atomic E-state index is 12.4. The molecule has 0 aliphatic carbocycles. The van der Waals surface area contributed by atoms with E-state index in [-0.39, 0.29) is 12.4 Å². The molecule has 0 atom stereocenters. The molecule has 0 aliphatic heterocycles. The number of rotatable bonds is 5. The molecule has 0 fully saturated rings. The minimum atomic E-state index is -0.574. The third-order valence-corrected chi connectivity index (χ3v) is 4.78. The van der Waals surface area contributed by atoms with E-state index in [4.69, 9.17) is 4.74 Å². The van der Waals surface area contributed by atoms with Crippen LogP contribution in [0.5, 0.6) is 0 Å². The summed E-state index contributed by atoms with van der Waals surface area (Å²) in [7, 11) is 0. The summed E-state index contributed by atoms with van der Waals surface area (Å²) < 4.78 is 6.58. The number of nitrogens with zero attached hydrogens (tertiary/aromatic N) is 4. The summed E-state index contributed by atoms with van der Waals surface area (Å²) in [5.41, 5.74) is 4.11. The number of ether oxygens (including phenoxy) is 1. The predicted octanol–water partition coefficient (Wildman–Crippen LogP) is 2.69. The van der Waals surface area contributed by atoms with Crippen molar-refractivity contribution in [1.29, 1.82) is 0 Å². The number of carbonyl (C=O) groups is 2. The molecule has 3 aromatic rings. The van der Waals surface area contributed by atoms with Crippen molar-refractivity contribution in [2.45, 2.75) is 20.8 Å². The highest BCUT2D eigenvalue weighted by molar-refractivity contribution is 7.12. The molecule has 2 heterocycles. The van der Waals surface area contributed by atoms with Crippen molar-refractivity contribution < 1.29 is 14.3 Å². The monoisotopic (exact) mass is 356 g/mol. The number of tetrazole rings is 1. The number of hydrogen-bond donors (Lipinski definition) is 0. The lowest BCUT2D eigenvalue weighted by atomic mass is 9.98. The van der Waals surface area contributed by atoms with E-state index in [1.807, 2.05) is 32.9 Å². The Balaban J connectivity index is 1.72. The molecule has 0 saturated heterocycles. The van der Waals surface area contributed by atoms with Gasteiger partial charge in [0.15, 0.2) is 6.61 Å². The Labute approximate surface area is 148 Å². The van der Waals surface area contributed by atoms with E-state index >= 15 is 0 Å². The summed E-state index contributed by atoms with van der Waals surface area (Å²) in [6.07, 6.45) is 1.39. The van der Waals surface area contributed by atoms with Crippen molar-refractivity contribution in [3.8, 4) is 5.69 Å². The highest BCUT2D eigenvalue weighted by atomic mass is 32.1. The molecule has 0 bridgehead atoms. The molecular formula is C17H16N4O3S. The zero-order valence-electron chi connectivity index (χ0n) is 14.0. The number of Topliss-reactive ketones (excluding diaryl/α,β-unsaturated/α-hetero) is 1. The predicted molar refractivity (Wildman–Crippen MR) is 92.3 cm³/mol. The molecule has 25 heavy (non-hydrogen) atoms. The maximum atomic E-state index is 12.4. The van der Waals surface area contributed by atoms with Gasteiger partial charge in [-0.25, -0.2) is 4.79 Å². The van der Waals surface area contributed by atoms with Gasteiger partial charge >= 0.3 is 5.97 Å². The Hall–Kier alpha value is -2.87. The van der Waals surface area contributed by atoms with E-state index in [9.17, 15) is 9.59 Å². The van der Waals surface area contributed by atoms with Crippen LogP contribution in [0.15, 0.2) is 29.9 Å². The lowest BCUT2D eigenvalue weighted by Gasteiger charge is -2.09. The maximum Gasteiger partial charge on any atom is 0.351 e. The molecule has 0 N–H and O–H groups in total. The standard InChI is InChI=1S/C17H16N4O3S/c1-10-6-12(3)13(7-11(10)2)15(22)8-24-17(23)16-14(4-5-25-16)21-9-18-19-20-21/h4-7,9H,8H2,1-3H3. The fraction of sp³-hybridized carbons (Fsp3) is 0.235. The molecule has 0 spiro atoms. The molecule has 8 heteroatoms. The van der Waals surface area contributed by atoms with Crippen LogP contribution in [0.25, 0.3) is 5.69 Å². The van der Waals surface area contributed by atoms with Crippen molar-refractivity contribution in [1.82, 2.24) is 20.2 Å². The number of benzene rings is 1. The second-order valence-electron chi connectivity index (χ2n) is 5.64. The van der Waals surface area contributed by atoms with Crippen molar-refractivity contribution >= 4 is 23.1 Å². The van der Waals surface area contributed by atoms with Crippen molar-refractivity contribution in [2.75, 3.05) is 6.61 Å². The molecule has 0 unspecified atom stereocenters. The zero-order chi connectivity index (χ0) is 18.0. The Bertz CT molecular complexity index is 932. The van der Waals surface area contributed by atoms with Gasteiger partial charge in [-0.3, -0.25) is 4.79 Å². The number of aromatic nitrogens is 4. The SMILES string of the molecule is Cc1cc(C)c(C(=O)COC(=O)c2sccc2-n2cnnn2)cc1C. The number of ketones is 1. The summed E-state index contributed by atoms with van der Waals surface area (Å²) >= 11 is 1.21. The first-order valence-electron chi connectivity index (χ1n) is 7.56. The molecule has 0 aliphatic rings. The van der Waals surface area contributed by atoms with Crippen molar-refractivity contribution in [2.24, 2.45) is 0 Å². The zero-order valence-corrected chi connectivity index (χ0v) is 14.8. The van der Waals surface area contributed by atoms with Crippen LogP contribution in [0, 0.1) is 20.8 Å². The van der Waals surface area contributed by atoms with Gasteiger partial charge in [0, 0.05) is 5.56 Å². The van der Waals surface area contributed by atoms with Gasteiger partial charge in [-0.05, 0) is 65.4 Å². The van der Waals surface area contributed by atoms with Crippen LogP contribution < -0.4 is 0 Å². The average Bonchev–Trinajstić information content (AvgIpc) is 3.26. The van der Waals surface area contributed by atoms with Crippen LogP contribution in [-0.4, -0.2) is 38.6 Å². The second kappa shape index (κ2) is 6.94. The van der Waals surface area contributed by atoms with Crippen molar-refractivity contribution in [3.63, 3.8) is 0 Å². The minimum Gasteiger partial charge on any atom is -0.453 e. The highest BCUT2D eigenvalue weighted by Gasteiger charge is 2.19. The summed E-state index contributed by atoms with van der Waals surface area (Å²) in [5, 5.41) is 12.6. The van der Waals surface area contributed by atoms with Crippen LogP contribution in [-0.2, 0) is 4.74 Å². The lowest BCUT2D eigenvalue weighted by molar-refractivity contribution is 0.0479. The Morgan fingerprint density at radius 1 is 1.16 bits per heavy atom. The molecule has 0 radical (unpaired) electrons. The van der Waals surface area contributed by atoms with Crippen LogP contribution >= 0.6 is 11.3 Å². The molecule has 2 aromatic heterocycles. The van der Waals surface area contributed by atoms with E-state index < -0.39 is 5.97 Å². The van der Waals surface area contributed by atoms with E-state index in [1.165, 1.54) is 22.3 Å². The van der Waals surface area contributed by atoms with Gasteiger partial charge in [0.2, 0.25) is 5.78 Å². The van der Waals surface area contributed by atoms with Crippen LogP contribution in [0.4, 0.5) is 0 Å². The normalized spacial score (nSPS) is 10.7. The molecule has 1 aromatic carbocycles. The number of aryl methyl sites for hydroxylation is 3. The van der Waals surface area contributed by atoms with Gasteiger partial charge in [0.05, 0.1) is 5.69 Å². The first kappa shape index (κ1) is 17.0. The van der Waals surface area contributed by atoms with E-state index in [1.54, 1.807) is 11.4 Å². The fourth-order valence-corrected chi connectivity index (χ4v) is 3.21. The summed E-state index contributed by atoms with van der Waals surface area (Å²) in [4.78, 5) is 25.1. The topological polar surface area (TPSA) is 87.0 Å². The third-order valence-electron chi connectivity index (χ3n) is 3.90. The van der Waals surface area contributed by atoms with Crippen LogP contribution in [0.2, 0.25) is 0 Å². The van der Waals surface area contributed by atoms with E-state index in [2.05, 4.69) is 15.5 Å². The Kier molecular flexibility index (Phi) is 4.71. The van der Waals surface area contributed by atoms with E-state index in [0.29, 0.717) is 16.1 Å². The van der Waals surface area contributed by atoms with Gasteiger partial charge in [-0.2, -0.15) is 4.68 Å². The first-order valence-corrected chi connectivity index (χ1v) is 8.44. The molecule has 3 rings (SSSR count). The number of esters is 1. The van der Waals surface area contributed by atoms with E-state index in [0.717, 1.165) is 16.7 Å². The molecule has 0 saturated carbocycles. The summed E-state index contributed by atoms with van der Waals surface area (Å²) in [5.74, 6) is -0.801. The number of thiophene rings is 1. The smallest absolute Gasteiger partial charge is 0.351 e. The van der Waals surface area contributed by atoms with Crippen LogP contribution in [0.3, 0.4) is 0 Å². The molecular weight excluding hydrogens is 340 g/mol. The van der Waals surface area contributed by atoms with Gasteiger partial charge in [0.25, 0.3) is 0 Å². The van der Waals surface area contributed by atoms with Crippen LogP contribution in [0.1, 0.15) is 36.7 Å². The van der Waals surface area contributed by atoms with Gasteiger partial charge in [-0.15, -0.1) is 16.4 Å². The lowest BCUT2D eigenvalue weighted by Crippen LogP contribution is -2.16. The van der Waals surface area contributed by atoms with Crippen molar-refractivity contribution in [3.05, 3.63) is 57.0 Å². The fourth-order valence-electron chi connectivity index (χ4n) is 2.44.